The number of amides is 1. The number of rotatable bonds is 5. The van der Waals surface area contributed by atoms with Crippen molar-refractivity contribution in [1.82, 2.24) is 14.8 Å². The lowest BCUT2D eigenvalue weighted by Gasteiger charge is -2.28. The number of hydrogen-bond acceptors (Lipinski definition) is 7. The summed E-state index contributed by atoms with van der Waals surface area (Å²) in [5.74, 6) is 0.521. The third kappa shape index (κ3) is 4.43. The fourth-order valence-corrected chi connectivity index (χ4v) is 4.27. The minimum absolute atomic E-state index is 0.115. The first-order chi connectivity index (χ1) is 16.9. The number of anilines is 2. The SMILES string of the molecule is Cc1cc(NC(=O)c2ccc(N3CCOCC3)c([N+](=O)[O-])c2)n(-c2cc(C)c3ccccc3n2)n1. The Morgan fingerprint density at radius 3 is 2.63 bits per heavy atom. The molecule has 1 aliphatic heterocycles. The molecule has 0 atom stereocenters. The van der Waals surface area contributed by atoms with Crippen LogP contribution in [0.4, 0.5) is 17.2 Å². The molecule has 1 aliphatic rings. The lowest BCUT2D eigenvalue weighted by molar-refractivity contribution is -0.384. The number of carbonyl (C=O) groups is 1. The minimum atomic E-state index is -0.472. The molecule has 0 spiro atoms. The summed E-state index contributed by atoms with van der Waals surface area (Å²) in [5, 5.41) is 20.2. The second-order valence-corrected chi connectivity index (χ2v) is 8.41. The maximum absolute atomic E-state index is 13.1. The van der Waals surface area contributed by atoms with Crippen LogP contribution in [-0.4, -0.2) is 51.9 Å². The van der Waals surface area contributed by atoms with Gasteiger partial charge in [-0.15, -0.1) is 0 Å². The summed E-state index contributed by atoms with van der Waals surface area (Å²) in [5.41, 5.74) is 3.10. The molecule has 0 aliphatic carbocycles. The van der Waals surface area contributed by atoms with Gasteiger partial charge in [0.1, 0.15) is 11.5 Å². The van der Waals surface area contributed by atoms with Gasteiger partial charge in [-0.25, -0.2) is 4.98 Å². The zero-order valence-electron chi connectivity index (χ0n) is 19.4. The van der Waals surface area contributed by atoms with Crippen LogP contribution in [0.25, 0.3) is 16.7 Å². The van der Waals surface area contributed by atoms with E-state index in [0.717, 1.165) is 16.5 Å². The van der Waals surface area contributed by atoms with Crippen molar-refractivity contribution in [3.8, 4) is 5.82 Å². The third-order valence-electron chi connectivity index (χ3n) is 5.99. The number of pyridine rings is 1. The highest BCUT2D eigenvalue weighted by molar-refractivity contribution is 6.05. The van der Waals surface area contributed by atoms with Crippen LogP contribution in [0.1, 0.15) is 21.6 Å². The summed E-state index contributed by atoms with van der Waals surface area (Å²) in [7, 11) is 0. The first-order valence-corrected chi connectivity index (χ1v) is 11.3. The number of nitro groups is 1. The number of nitro benzene ring substituents is 1. The molecule has 0 saturated carbocycles. The van der Waals surface area contributed by atoms with E-state index in [0.29, 0.717) is 49.3 Å². The van der Waals surface area contributed by atoms with Gasteiger partial charge in [-0.3, -0.25) is 14.9 Å². The van der Waals surface area contributed by atoms with Crippen molar-refractivity contribution in [3.05, 3.63) is 81.5 Å². The van der Waals surface area contributed by atoms with Gasteiger partial charge in [0.25, 0.3) is 11.6 Å². The molecule has 1 saturated heterocycles. The monoisotopic (exact) mass is 472 g/mol. The largest absolute Gasteiger partial charge is 0.378 e. The van der Waals surface area contributed by atoms with Crippen LogP contribution in [0.15, 0.2) is 54.6 Å². The zero-order valence-corrected chi connectivity index (χ0v) is 19.4. The molecule has 1 amide bonds. The van der Waals surface area contributed by atoms with Gasteiger partial charge in [-0.2, -0.15) is 9.78 Å². The van der Waals surface area contributed by atoms with Crippen LogP contribution in [0.2, 0.25) is 0 Å². The molecule has 5 rings (SSSR count). The first-order valence-electron chi connectivity index (χ1n) is 11.3. The average Bonchev–Trinajstić information content (AvgIpc) is 3.24. The van der Waals surface area contributed by atoms with Crippen LogP contribution in [0.3, 0.4) is 0 Å². The van der Waals surface area contributed by atoms with E-state index in [1.165, 1.54) is 6.07 Å². The van der Waals surface area contributed by atoms with E-state index in [2.05, 4.69) is 10.4 Å². The average molecular weight is 473 g/mol. The van der Waals surface area contributed by atoms with Gasteiger partial charge >= 0.3 is 0 Å². The van der Waals surface area contributed by atoms with E-state index in [1.54, 1.807) is 22.9 Å². The van der Waals surface area contributed by atoms with Gasteiger partial charge < -0.3 is 15.0 Å². The van der Waals surface area contributed by atoms with Crippen molar-refractivity contribution in [2.75, 3.05) is 36.5 Å². The summed E-state index contributed by atoms with van der Waals surface area (Å²) in [6, 6.07) is 16.0. The normalized spacial score (nSPS) is 13.7. The van der Waals surface area contributed by atoms with Gasteiger partial charge in [0.2, 0.25) is 0 Å². The summed E-state index contributed by atoms with van der Waals surface area (Å²) < 4.78 is 6.91. The molecule has 35 heavy (non-hydrogen) atoms. The predicted molar refractivity (Wildman–Crippen MR) is 132 cm³/mol. The number of carbonyl (C=O) groups excluding carboxylic acids is 1. The molecule has 0 bridgehead atoms. The van der Waals surface area contributed by atoms with E-state index >= 15 is 0 Å². The molecule has 1 N–H and O–H groups in total. The molecule has 10 nitrogen and oxygen atoms in total. The number of para-hydroxylation sites is 1. The number of hydrogen-bond donors (Lipinski definition) is 1. The Balaban J connectivity index is 1.46. The van der Waals surface area contributed by atoms with E-state index < -0.39 is 10.8 Å². The second-order valence-electron chi connectivity index (χ2n) is 8.41. The molecular formula is C25H24N6O4. The Labute approximate surface area is 201 Å². The van der Waals surface area contributed by atoms with E-state index in [1.807, 2.05) is 49.1 Å². The Morgan fingerprint density at radius 2 is 1.86 bits per heavy atom. The van der Waals surface area contributed by atoms with Gasteiger partial charge in [-0.1, -0.05) is 18.2 Å². The lowest BCUT2D eigenvalue weighted by Crippen LogP contribution is -2.36. The number of benzene rings is 2. The highest BCUT2D eigenvalue weighted by Gasteiger charge is 2.24. The Kier molecular flexibility index (Phi) is 5.87. The molecule has 1 fully saturated rings. The van der Waals surface area contributed by atoms with Gasteiger partial charge in [0.05, 0.1) is 29.3 Å². The van der Waals surface area contributed by atoms with Crippen molar-refractivity contribution >= 4 is 34.0 Å². The Hall–Kier alpha value is -4.31. The predicted octanol–water partition coefficient (Wildman–Crippen LogP) is 4.03. The zero-order chi connectivity index (χ0) is 24.5. The van der Waals surface area contributed by atoms with Crippen LogP contribution in [0.5, 0.6) is 0 Å². The summed E-state index contributed by atoms with van der Waals surface area (Å²) in [6.07, 6.45) is 0. The lowest BCUT2D eigenvalue weighted by atomic mass is 10.1. The number of aryl methyl sites for hydroxylation is 2. The number of aromatic nitrogens is 3. The maximum Gasteiger partial charge on any atom is 0.293 e. The van der Waals surface area contributed by atoms with Gasteiger partial charge in [0.15, 0.2) is 5.82 Å². The molecule has 2 aromatic carbocycles. The number of nitrogens with zero attached hydrogens (tertiary/aromatic N) is 5. The summed E-state index contributed by atoms with van der Waals surface area (Å²) in [4.78, 5) is 31.0. The highest BCUT2D eigenvalue weighted by Crippen LogP contribution is 2.30. The Morgan fingerprint density at radius 1 is 1.09 bits per heavy atom. The molecule has 0 radical (unpaired) electrons. The van der Waals surface area contributed by atoms with Crippen molar-refractivity contribution in [3.63, 3.8) is 0 Å². The maximum atomic E-state index is 13.1. The standard InChI is InChI=1S/C25H24N6O4/c1-16-13-23(26-20-6-4-3-5-19(16)20)30-24(14-17(2)28-30)27-25(32)18-7-8-21(22(15-18)31(33)34)29-9-11-35-12-10-29/h3-8,13-15H,9-12H2,1-2H3,(H,27,32). The summed E-state index contributed by atoms with van der Waals surface area (Å²) >= 11 is 0. The quantitative estimate of drug-likeness (QED) is 0.344. The number of fused-ring (bicyclic) bond motifs is 1. The van der Waals surface area contributed by atoms with Crippen molar-refractivity contribution in [2.24, 2.45) is 0 Å². The van der Waals surface area contributed by atoms with Crippen LogP contribution in [-0.2, 0) is 4.74 Å². The second kappa shape index (κ2) is 9.15. The van der Waals surface area contributed by atoms with Crippen molar-refractivity contribution < 1.29 is 14.5 Å². The molecular weight excluding hydrogens is 448 g/mol. The molecule has 3 heterocycles. The summed E-state index contributed by atoms with van der Waals surface area (Å²) in [6.45, 7) is 5.95. The minimum Gasteiger partial charge on any atom is -0.378 e. The molecule has 4 aromatic rings. The topological polar surface area (TPSA) is 115 Å². The third-order valence-corrected chi connectivity index (χ3v) is 5.99. The fraction of sp³-hybridized carbons (Fsp3) is 0.240. The fourth-order valence-electron chi connectivity index (χ4n) is 4.27. The molecule has 178 valence electrons. The van der Waals surface area contributed by atoms with Crippen LogP contribution < -0.4 is 10.2 Å². The van der Waals surface area contributed by atoms with E-state index in [-0.39, 0.29) is 11.3 Å². The van der Waals surface area contributed by atoms with E-state index in [9.17, 15) is 14.9 Å². The molecule has 10 heteroatoms. The van der Waals surface area contributed by atoms with Crippen molar-refractivity contribution in [2.45, 2.75) is 13.8 Å². The Bertz CT molecular complexity index is 1440. The number of nitrogens with one attached hydrogen (secondary N) is 1. The molecule has 2 aromatic heterocycles. The molecule has 0 unspecified atom stereocenters. The van der Waals surface area contributed by atoms with Crippen LogP contribution >= 0.6 is 0 Å². The van der Waals surface area contributed by atoms with E-state index in [4.69, 9.17) is 9.72 Å². The number of ether oxygens (including phenoxy) is 1. The smallest absolute Gasteiger partial charge is 0.293 e. The number of morpholine rings is 1. The van der Waals surface area contributed by atoms with Gasteiger partial charge in [0, 0.05) is 36.2 Å². The van der Waals surface area contributed by atoms with Crippen molar-refractivity contribution in [1.29, 1.82) is 0 Å². The van der Waals surface area contributed by atoms with Gasteiger partial charge in [-0.05, 0) is 43.7 Å². The first kappa shape index (κ1) is 22.5. The van der Waals surface area contributed by atoms with Crippen LogP contribution in [0, 0.1) is 24.0 Å². The highest BCUT2D eigenvalue weighted by atomic mass is 16.6.